The molecule has 250 valence electrons. The van der Waals surface area contributed by atoms with Crippen molar-refractivity contribution in [2.24, 2.45) is 5.41 Å². The number of benzene rings is 2. The van der Waals surface area contributed by atoms with Gasteiger partial charge in [-0.3, -0.25) is 4.79 Å². The molecule has 0 radical (unpaired) electrons. The fourth-order valence-electron chi connectivity index (χ4n) is 4.62. The molecular weight excluding hydrogens is 574 g/mol. The minimum Gasteiger partial charge on any atom is -0.444 e. The van der Waals surface area contributed by atoms with E-state index in [-0.39, 0.29) is 13.1 Å². The van der Waals surface area contributed by atoms with Gasteiger partial charge in [-0.1, -0.05) is 81.4 Å². The Morgan fingerprint density at radius 3 is 1.58 bits per heavy atom. The van der Waals surface area contributed by atoms with Crippen LogP contribution in [0, 0.1) is 5.41 Å². The average molecular weight is 628 g/mol. The van der Waals surface area contributed by atoms with Gasteiger partial charge in [0.2, 0.25) is 5.91 Å². The van der Waals surface area contributed by atoms with Gasteiger partial charge in [0.25, 0.3) is 0 Å². The summed E-state index contributed by atoms with van der Waals surface area (Å²) in [5, 5.41) is 34.0. The molecule has 0 fully saturated rings. The van der Waals surface area contributed by atoms with Crippen molar-refractivity contribution < 1.29 is 29.3 Å². The SMILES string of the molecule is CN(C)C(=O)N[C@H](C(=O)N[C@H](Cc1ccccc1)[C@@H](O)CNC[C@@H](O)[C@H](Cc1ccccc1)NC(=O)OC(C)(C)C)C(C)(C)C. The molecule has 0 aliphatic rings. The van der Waals surface area contributed by atoms with Crippen LogP contribution in [0.5, 0.6) is 0 Å². The van der Waals surface area contributed by atoms with Crippen LogP contribution in [0.15, 0.2) is 60.7 Å². The number of urea groups is 1. The average Bonchev–Trinajstić information content (AvgIpc) is 2.94. The Morgan fingerprint density at radius 1 is 0.733 bits per heavy atom. The van der Waals surface area contributed by atoms with Crippen molar-refractivity contribution in [3.8, 4) is 0 Å². The second kappa shape index (κ2) is 17.1. The van der Waals surface area contributed by atoms with Crippen LogP contribution in [0.3, 0.4) is 0 Å². The van der Waals surface area contributed by atoms with Crippen molar-refractivity contribution in [3.05, 3.63) is 71.8 Å². The maximum absolute atomic E-state index is 13.5. The monoisotopic (exact) mass is 627 g/mol. The van der Waals surface area contributed by atoms with Gasteiger partial charge in [0.1, 0.15) is 11.6 Å². The van der Waals surface area contributed by atoms with E-state index in [2.05, 4.69) is 21.3 Å². The molecule has 0 saturated heterocycles. The van der Waals surface area contributed by atoms with E-state index in [9.17, 15) is 24.6 Å². The van der Waals surface area contributed by atoms with Crippen molar-refractivity contribution >= 4 is 18.0 Å². The van der Waals surface area contributed by atoms with Gasteiger partial charge in [-0.25, -0.2) is 9.59 Å². The zero-order valence-corrected chi connectivity index (χ0v) is 28.0. The van der Waals surface area contributed by atoms with Crippen LogP contribution >= 0.6 is 0 Å². The molecule has 0 bridgehead atoms. The standard InChI is InChI=1S/C34H53N5O6/c1-33(2,3)29(38-31(43)39(7)8)30(42)36-25(19-23-15-11-9-12-16-23)27(40)21-35-22-28(41)26(20-24-17-13-10-14-18-24)37-32(44)45-34(4,5)6/h9-18,25-29,35,40-41H,19-22H2,1-8H3,(H,36,42)(H,37,44)(H,38,43)/t25-,26+,27+,28-,29-/m1/s1. The third-order valence-electron chi connectivity index (χ3n) is 7.06. The fraction of sp³-hybridized carbons (Fsp3) is 0.559. The highest BCUT2D eigenvalue weighted by atomic mass is 16.6. The molecule has 2 aromatic rings. The number of hydrogen-bond acceptors (Lipinski definition) is 7. The predicted molar refractivity (Wildman–Crippen MR) is 176 cm³/mol. The summed E-state index contributed by atoms with van der Waals surface area (Å²) in [7, 11) is 3.20. The van der Waals surface area contributed by atoms with E-state index in [1.807, 2.05) is 81.4 Å². The summed E-state index contributed by atoms with van der Waals surface area (Å²) >= 11 is 0. The van der Waals surface area contributed by atoms with Gasteiger partial charge in [-0.2, -0.15) is 0 Å². The lowest BCUT2D eigenvalue weighted by molar-refractivity contribution is -0.127. The lowest BCUT2D eigenvalue weighted by atomic mass is 9.85. The number of carbonyl (C=O) groups is 3. The Bertz CT molecular complexity index is 1200. The first-order chi connectivity index (χ1) is 21.0. The predicted octanol–water partition coefficient (Wildman–Crippen LogP) is 2.85. The van der Waals surface area contributed by atoms with E-state index in [4.69, 9.17) is 4.74 Å². The Kier molecular flexibility index (Phi) is 14.3. The number of amides is 4. The quantitative estimate of drug-likeness (QED) is 0.188. The number of hydrogen-bond donors (Lipinski definition) is 6. The van der Waals surface area contributed by atoms with Crippen LogP contribution in [-0.2, 0) is 22.4 Å². The summed E-state index contributed by atoms with van der Waals surface area (Å²) in [6.45, 7) is 11.0. The van der Waals surface area contributed by atoms with Gasteiger partial charge in [-0.05, 0) is 50.2 Å². The van der Waals surface area contributed by atoms with Crippen LogP contribution < -0.4 is 21.3 Å². The van der Waals surface area contributed by atoms with E-state index in [1.165, 1.54) is 4.90 Å². The molecule has 45 heavy (non-hydrogen) atoms. The van der Waals surface area contributed by atoms with Crippen molar-refractivity contribution in [1.82, 2.24) is 26.2 Å². The van der Waals surface area contributed by atoms with E-state index >= 15 is 0 Å². The van der Waals surface area contributed by atoms with Crippen LogP contribution in [0.4, 0.5) is 9.59 Å². The van der Waals surface area contributed by atoms with Gasteiger partial charge in [0, 0.05) is 27.2 Å². The maximum atomic E-state index is 13.5. The number of rotatable bonds is 14. The topological polar surface area (TPSA) is 152 Å². The number of nitrogens with one attached hydrogen (secondary N) is 4. The molecule has 0 aliphatic heterocycles. The van der Waals surface area contributed by atoms with Crippen molar-refractivity contribution in [3.63, 3.8) is 0 Å². The van der Waals surface area contributed by atoms with Crippen LogP contribution in [-0.4, -0.2) is 96.3 Å². The third kappa shape index (κ3) is 13.9. The molecule has 0 spiro atoms. The normalized spacial score (nSPS) is 15.2. The van der Waals surface area contributed by atoms with Gasteiger partial charge in [0.05, 0.1) is 24.3 Å². The summed E-state index contributed by atoms with van der Waals surface area (Å²) in [6.07, 6.45) is -1.99. The summed E-state index contributed by atoms with van der Waals surface area (Å²) in [5.74, 6) is -0.415. The highest BCUT2D eigenvalue weighted by Crippen LogP contribution is 2.20. The Labute approximate surface area is 268 Å². The number of aliphatic hydroxyl groups is 2. The number of alkyl carbamates (subject to hydrolysis) is 1. The summed E-state index contributed by atoms with van der Waals surface area (Å²) < 4.78 is 5.41. The second-order valence-corrected chi connectivity index (χ2v) is 13.7. The molecule has 5 atom stereocenters. The first-order valence-corrected chi connectivity index (χ1v) is 15.4. The van der Waals surface area contributed by atoms with E-state index < -0.39 is 59.4 Å². The molecule has 0 unspecified atom stereocenters. The Hall–Kier alpha value is -3.67. The largest absolute Gasteiger partial charge is 0.444 e. The number of carbonyl (C=O) groups excluding carboxylic acids is 3. The second-order valence-electron chi connectivity index (χ2n) is 13.7. The summed E-state index contributed by atoms with van der Waals surface area (Å²) in [4.78, 5) is 39.9. The molecule has 0 aromatic heterocycles. The van der Waals surface area contributed by atoms with Crippen molar-refractivity contribution in [2.75, 3.05) is 27.2 Å². The molecule has 2 aromatic carbocycles. The lowest BCUT2D eigenvalue weighted by Crippen LogP contribution is -2.59. The van der Waals surface area contributed by atoms with Crippen molar-refractivity contribution in [2.45, 2.75) is 90.3 Å². The minimum atomic E-state index is -1.04. The van der Waals surface area contributed by atoms with Gasteiger partial charge in [-0.15, -0.1) is 0 Å². The molecule has 4 amide bonds. The first-order valence-electron chi connectivity index (χ1n) is 15.4. The molecule has 0 saturated carbocycles. The van der Waals surface area contributed by atoms with Crippen LogP contribution in [0.25, 0.3) is 0 Å². The molecule has 11 heteroatoms. The minimum absolute atomic E-state index is 0.0452. The number of aliphatic hydroxyl groups excluding tert-OH is 2. The van der Waals surface area contributed by atoms with Crippen LogP contribution in [0.2, 0.25) is 0 Å². The highest BCUT2D eigenvalue weighted by Gasteiger charge is 2.35. The summed E-state index contributed by atoms with van der Waals surface area (Å²) in [6, 6.07) is 16.3. The molecule has 0 heterocycles. The zero-order valence-electron chi connectivity index (χ0n) is 28.0. The van der Waals surface area contributed by atoms with Crippen molar-refractivity contribution in [1.29, 1.82) is 0 Å². The van der Waals surface area contributed by atoms with E-state index in [0.29, 0.717) is 12.8 Å². The molecular formula is C34H53N5O6. The van der Waals surface area contributed by atoms with Crippen LogP contribution in [0.1, 0.15) is 52.7 Å². The first kappa shape index (κ1) is 37.5. The zero-order chi connectivity index (χ0) is 33.8. The third-order valence-corrected chi connectivity index (χ3v) is 7.06. The Morgan fingerprint density at radius 2 is 1.18 bits per heavy atom. The summed E-state index contributed by atoms with van der Waals surface area (Å²) in [5.41, 5.74) is 0.540. The molecule has 11 nitrogen and oxygen atoms in total. The maximum Gasteiger partial charge on any atom is 0.407 e. The highest BCUT2D eigenvalue weighted by molar-refractivity contribution is 5.87. The van der Waals surface area contributed by atoms with Gasteiger partial charge >= 0.3 is 12.1 Å². The van der Waals surface area contributed by atoms with Gasteiger partial charge in [0.15, 0.2) is 0 Å². The number of ether oxygens (including phenoxy) is 1. The Balaban J connectivity index is 2.15. The van der Waals surface area contributed by atoms with Gasteiger partial charge < -0.3 is 41.1 Å². The fourth-order valence-corrected chi connectivity index (χ4v) is 4.62. The molecule has 2 rings (SSSR count). The van der Waals surface area contributed by atoms with E-state index in [1.54, 1.807) is 34.9 Å². The molecule has 0 aliphatic carbocycles. The van der Waals surface area contributed by atoms with E-state index in [0.717, 1.165) is 11.1 Å². The smallest absolute Gasteiger partial charge is 0.407 e. The number of nitrogens with zero attached hydrogens (tertiary/aromatic N) is 1. The molecule has 6 N–H and O–H groups in total. The lowest BCUT2D eigenvalue weighted by Gasteiger charge is -2.34.